The maximum atomic E-state index is 13.9. The number of anilines is 1. The molecule has 2 aromatic carbocycles. The highest BCUT2D eigenvalue weighted by molar-refractivity contribution is 7.92. The predicted octanol–water partition coefficient (Wildman–Crippen LogP) is 3.17. The molecule has 0 aromatic heterocycles. The van der Waals surface area contributed by atoms with Crippen molar-refractivity contribution in [1.29, 1.82) is 0 Å². The van der Waals surface area contributed by atoms with Crippen LogP contribution in [0.1, 0.15) is 28.9 Å². The highest BCUT2D eigenvalue weighted by atomic mass is 32.2. The molecule has 25 heavy (non-hydrogen) atoms. The second-order valence-corrected chi connectivity index (χ2v) is 7.46. The van der Waals surface area contributed by atoms with E-state index in [0.29, 0.717) is 0 Å². The van der Waals surface area contributed by atoms with Crippen molar-refractivity contribution in [3.63, 3.8) is 0 Å². The number of hydrogen-bond donors (Lipinski definition) is 1. The fraction of sp³-hybridized carbons (Fsp3) is 0.235. The smallest absolute Gasteiger partial charge is 0.254 e. The maximum absolute atomic E-state index is 13.9. The minimum Gasteiger partial charge on any atom is -0.335 e. The van der Waals surface area contributed by atoms with Gasteiger partial charge in [0, 0.05) is 23.9 Å². The van der Waals surface area contributed by atoms with Crippen LogP contribution >= 0.6 is 0 Å². The summed E-state index contributed by atoms with van der Waals surface area (Å²) < 4.78 is 52.2. The van der Waals surface area contributed by atoms with Crippen LogP contribution < -0.4 is 4.72 Å². The number of sulfonamides is 1. The molecule has 5 nitrogen and oxygen atoms in total. The summed E-state index contributed by atoms with van der Waals surface area (Å²) in [6.45, 7) is 1.58. The van der Waals surface area contributed by atoms with Gasteiger partial charge in [0.25, 0.3) is 5.91 Å². The normalized spacial score (nSPS) is 12.5. The van der Waals surface area contributed by atoms with Crippen LogP contribution in [-0.4, -0.2) is 32.5 Å². The number of rotatable bonds is 5. The Kier molecular flexibility index (Phi) is 5.42. The molecule has 0 radical (unpaired) electrons. The number of nitrogens with one attached hydrogen (secondary N) is 1. The summed E-state index contributed by atoms with van der Waals surface area (Å²) in [6.07, 6.45) is 1.00. The van der Waals surface area contributed by atoms with Gasteiger partial charge in [-0.15, -0.1) is 0 Å². The van der Waals surface area contributed by atoms with Gasteiger partial charge in [-0.3, -0.25) is 9.52 Å². The van der Waals surface area contributed by atoms with Crippen molar-refractivity contribution < 1.29 is 22.0 Å². The van der Waals surface area contributed by atoms with Gasteiger partial charge >= 0.3 is 0 Å². The molecule has 134 valence electrons. The van der Waals surface area contributed by atoms with Crippen LogP contribution in [0.4, 0.5) is 14.5 Å². The summed E-state index contributed by atoms with van der Waals surface area (Å²) in [5.41, 5.74) is 0.521. The van der Waals surface area contributed by atoms with E-state index in [0.717, 1.165) is 24.5 Å². The van der Waals surface area contributed by atoms with E-state index in [1.165, 1.54) is 36.2 Å². The third-order valence-corrected chi connectivity index (χ3v) is 4.33. The van der Waals surface area contributed by atoms with Gasteiger partial charge in [0.1, 0.15) is 11.6 Å². The summed E-state index contributed by atoms with van der Waals surface area (Å²) in [4.78, 5) is 13.9. The standard InChI is InChI=1S/C17H18F2N2O3S/c1-11(15-10-13(18)7-8-16(15)19)21(2)17(22)12-5-4-6-14(9-12)20-25(3,23)24/h4-11,20H,1-3H3. The van der Waals surface area contributed by atoms with Crippen molar-refractivity contribution in [3.8, 4) is 0 Å². The largest absolute Gasteiger partial charge is 0.335 e. The summed E-state index contributed by atoms with van der Waals surface area (Å²) >= 11 is 0. The molecule has 0 aliphatic heterocycles. The summed E-state index contributed by atoms with van der Waals surface area (Å²) in [7, 11) is -2.01. The Morgan fingerprint density at radius 2 is 1.84 bits per heavy atom. The lowest BCUT2D eigenvalue weighted by atomic mass is 10.1. The molecule has 0 saturated carbocycles. The Bertz CT molecular complexity index is 901. The van der Waals surface area contributed by atoms with Crippen molar-refractivity contribution >= 4 is 21.6 Å². The predicted molar refractivity (Wildman–Crippen MR) is 91.8 cm³/mol. The molecule has 0 bridgehead atoms. The molecule has 0 aliphatic carbocycles. The van der Waals surface area contributed by atoms with Gasteiger partial charge < -0.3 is 4.90 Å². The molecule has 0 saturated heterocycles. The number of benzene rings is 2. The van der Waals surface area contributed by atoms with E-state index in [9.17, 15) is 22.0 Å². The van der Waals surface area contributed by atoms with Crippen molar-refractivity contribution in [1.82, 2.24) is 4.90 Å². The highest BCUT2D eigenvalue weighted by Crippen LogP contribution is 2.25. The first-order chi connectivity index (χ1) is 11.6. The molecule has 1 atom stereocenters. The minimum atomic E-state index is -3.48. The van der Waals surface area contributed by atoms with Gasteiger partial charge in [0.15, 0.2) is 0 Å². The zero-order chi connectivity index (χ0) is 18.8. The van der Waals surface area contributed by atoms with Crippen molar-refractivity contribution in [2.45, 2.75) is 13.0 Å². The van der Waals surface area contributed by atoms with Crippen molar-refractivity contribution in [2.75, 3.05) is 18.0 Å². The van der Waals surface area contributed by atoms with Crippen LogP contribution in [0, 0.1) is 11.6 Å². The summed E-state index contributed by atoms with van der Waals surface area (Å²) in [5.74, 6) is -1.65. The van der Waals surface area contributed by atoms with Crippen LogP contribution in [0.5, 0.6) is 0 Å². The molecule has 2 aromatic rings. The molecular formula is C17H18F2N2O3S. The highest BCUT2D eigenvalue weighted by Gasteiger charge is 2.22. The first kappa shape index (κ1) is 18.9. The third kappa shape index (κ3) is 4.76. The fourth-order valence-electron chi connectivity index (χ4n) is 2.35. The van der Waals surface area contributed by atoms with Crippen LogP contribution in [0.15, 0.2) is 42.5 Å². The Hall–Kier alpha value is -2.48. The van der Waals surface area contributed by atoms with Crippen LogP contribution in [-0.2, 0) is 10.0 Å². The molecule has 1 amide bonds. The fourth-order valence-corrected chi connectivity index (χ4v) is 2.91. The molecule has 0 aliphatic rings. The van der Waals surface area contributed by atoms with Gasteiger partial charge in [-0.25, -0.2) is 17.2 Å². The zero-order valence-electron chi connectivity index (χ0n) is 14.0. The molecule has 0 heterocycles. The molecule has 1 unspecified atom stereocenters. The summed E-state index contributed by atoms with van der Waals surface area (Å²) in [5, 5.41) is 0. The third-order valence-electron chi connectivity index (χ3n) is 3.72. The van der Waals surface area contributed by atoms with Gasteiger partial charge in [-0.2, -0.15) is 0 Å². The van der Waals surface area contributed by atoms with E-state index < -0.39 is 33.6 Å². The van der Waals surface area contributed by atoms with Crippen LogP contribution in [0.25, 0.3) is 0 Å². The average Bonchev–Trinajstić information content (AvgIpc) is 2.53. The minimum absolute atomic E-state index is 0.0567. The van der Waals surface area contributed by atoms with E-state index in [-0.39, 0.29) is 16.8 Å². The van der Waals surface area contributed by atoms with Crippen LogP contribution in [0.3, 0.4) is 0 Å². The summed E-state index contributed by atoms with van der Waals surface area (Å²) in [6, 6.07) is 8.29. The van der Waals surface area contributed by atoms with Crippen LogP contribution in [0.2, 0.25) is 0 Å². The Morgan fingerprint density at radius 3 is 2.48 bits per heavy atom. The topological polar surface area (TPSA) is 66.5 Å². The lowest BCUT2D eigenvalue weighted by molar-refractivity contribution is 0.0740. The van der Waals surface area contributed by atoms with Gasteiger partial charge in [-0.05, 0) is 43.3 Å². The van der Waals surface area contributed by atoms with E-state index in [2.05, 4.69) is 4.72 Å². The molecular weight excluding hydrogens is 350 g/mol. The second kappa shape index (κ2) is 7.18. The molecule has 8 heteroatoms. The van der Waals surface area contributed by atoms with E-state index >= 15 is 0 Å². The maximum Gasteiger partial charge on any atom is 0.254 e. The lowest BCUT2D eigenvalue weighted by Gasteiger charge is -2.26. The monoisotopic (exact) mass is 368 g/mol. The molecule has 0 fully saturated rings. The number of carbonyl (C=O) groups excluding carboxylic acids is 1. The lowest BCUT2D eigenvalue weighted by Crippen LogP contribution is -2.30. The Morgan fingerprint density at radius 1 is 1.16 bits per heavy atom. The average molecular weight is 368 g/mol. The van der Waals surface area contributed by atoms with E-state index in [1.807, 2.05) is 0 Å². The zero-order valence-corrected chi connectivity index (χ0v) is 14.8. The van der Waals surface area contributed by atoms with Crippen molar-refractivity contribution in [3.05, 3.63) is 65.2 Å². The second-order valence-electron chi connectivity index (χ2n) is 5.71. The SMILES string of the molecule is CC(c1cc(F)ccc1F)N(C)C(=O)c1cccc(NS(C)(=O)=O)c1. The molecule has 2 rings (SSSR count). The number of carbonyl (C=O) groups is 1. The molecule has 1 N–H and O–H groups in total. The molecule has 0 spiro atoms. The van der Waals surface area contributed by atoms with Crippen molar-refractivity contribution in [2.24, 2.45) is 0 Å². The Balaban J connectivity index is 2.27. The number of amides is 1. The van der Waals surface area contributed by atoms with E-state index in [1.54, 1.807) is 6.92 Å². The van der Waals surface area contributed by atoms with Gasteiger partial charge in [0.05, 0.1) is 12.3 Å². The number of halogens is 2. The van der Waals surface area contributed by atoms with Gasteiger partial charge in [0.2, 0.25) is 10.0 Å². The van der Waals surface area contributed by atoms with E-state index in [4.69, 9.17) is 0 Å². The number of nitrogens with zero attached hydrogens (tertiary/aromatic N) is 1. The number of hydrogen-bond acceptors (Lipinski definition) is 3. The Labute approximate surface area is 145 Å². The first-order valence-electron chi connectivity index (χ1n) is 7.38. The first-order valence-corrected chi connectivity index (χ1v) is 9.27. The quantitative estimate of drug-likeness (QED) is 0.882. The van der Waals surface area contributed by atoms with Gasteiger partial charge in [-0.1, -0.05) is 6.07 Å².